The molecule has 0 atom stereocenters. The lowest BCUT2D eigenvalue weighted by molar-refractivity contribution is 0.108. The standard InChI is InChI=1S/C18H31N3O3.HI/c1-15(2)14-23-11-6-9-20-18(19-3)21-10-12-24-17-8-5-7-16(13-17)22-4;/h5,7-8,13,15H,6,9-12,14H2,1-4H3,(H2,19,20,21);1H. The Morgan fingerprint density at radius 1 is 1.12 bits per heavy atom. The van der Waals surface area contributed by atoms with E-state index in [-0.39, 0.29) is 24.0 Å². The van der Waals surface area contributed by atoms with E-state index in [1.807, 2.05) is 24.3 Å². The molecule has 25 heavy (non-hydrogen) atoms. The maximum Gasteiger partial charge on any atom is 0.191 e. The first-order chi connectivity index (χ1) is 11.7. The molecule has 0 aromatic heterocycles. The van der Waals surface area contributed by atoms with E-state index in [0.717, 1.165) is 43.6 Å². The maximum atomic E-state index is 5.68. The number of rotatable bonds is 11. The third-order valence-electron chi connectivity index (χ3n) is 3.14. The van der Waals surface area contributed by atoms with Crippen molar-refractivity contribution < 1.29 is 14.2 Å². The van der Waals surface area contributed by atoms with Gasteiger partial charge in [-0.2, -0.15) is 0 Å². The zero-order valence-corrected chi connectivity index (χ0v) is 18.0. The Morgan fingerprint density at radius 3 is 2.52 bits per heavy atom. The van der Waals surface area contributed by atoms with Gasteiger partial charge in [-0.15, -0.1) is 24.0 Å². The van der Waals surface area contributed by atoms with Crippen LogP contribution in [0.15, 0.2) is 29.3 Å². The van der Waals surface area contributed by atoms with E-state index in [1.165, 1.54) is 0 Å². The molecular weight excluding hydrogens is 433 g/mol. The highest BCUT2D eigenvalue weighted by atomic mass is 127. The molecule has 1 aromatic carbocycles. The highest BCUT2D eigenvalue weighted by molar-refractivity contribution is 14.0. The van der Waals surface area contributed by atoms with Crippen LogP contribution in [0.1, 0.15) is 20.3 Å². The zero-order chi connectivity index (χ0) is 17.6. The molecule has 144 valence electrons. The summed E-state index contributed by atoms with van der Waals surface area (Å²) >= 11 is 0. The van der Waals surface area contributed by atoms with Crippen LogP contribution < -0.4 is 20.1 Å². The van der Waals surface area contributed by atoms with Crippen LogP contribution in [-0.4, -0.2) is 53.0 Å². The van der Waals surface area contributed by atoms with Crippen LogP contribution in [0, 0.1) is 5.92 Å². The van der Waals surface area contributed by atoms with Crippen LogP contribution in [0.4, 0.5) is 0 Å². The maximum absolute atomic E-state index is 5.68. The predicted octanol–water partition coefficient (Wildman–Crippen LogP) is 2.92. The van der Waals surface area contributed by atoms with E-state index in [0.29, 0.717) is 19.1 Å². The summed E-state index contributed by atoms with van der Waals surface area (Å²) in [5.74, 6) is 2.93. The van der Waals surface area contributed by atoms with Crippen molar-refractivity contribution in [2.24, 2.45) is 10.9 Å². The number of guanidine groups is 1. The molecule has 0 heterocycles. The Labute approximate surface area is 168 Å². The van der Waals surface area contributed by atoms with Crippen molar-refractivity contribution in [3.8, 4) is 11.5 Å². The SMILES string of the molecule is CN=C(NCCCOCC(C)C)NCCOc1cccc(OC)c1.I. The minimum absolute atomic E-state index is 0. The molecule has 0 aliphatic carbocycles. The van der Waals surface area contributed by atoms with Gasteiger partial charge < -0.3 is 24.8 Å². The predicted molar refractivity (Wildman–Crippen MR) is 114 cm³/mol. The van der Waals surface area contributed by atoms with Crippen molar-refractivity contribution in [3.63, 3.8) is 0 Å². The first-order valence-corrected chi connectivity index (χ1v) is 8.44. The van der Waals surface area contributed by atoms with Crippen LogP contribution in [0.2, 0.25) is 0 Å². The Bertz CT molecular complexity index is 484. The molecule has 0 fully saturated rings. The second kappa shape index (κ2) is 15.1. The lowest BCUT2D eigenvalue weighted by Crippen LogP contribution is -2.39. The topological polar surface area (TPSA) is 64.1 Å². The normalized spacial score (nSPS) is 11.0. The monoisotopic (exact) mass is 465 g/mol. The van der Waals surface area contributed by atoms with Gasteiger partial charge in [0, 0.05) is 32.9 Å². The number of benzene rings is 1. The van der Waals surface area contributed by atoms with Gasteiger partial charge in [0.05, 0.1) is 13.7 Å². The molecule has 2 N–H and O–H groups in total. The number of ether oxygens (including phenoxy) is 3. The first kappa shape index (κ1) is 23.8. The van der Waals surface area contributed by atoms with Crippen LogP contribution in [0.5, 0.6) is 11.5 Å². The van der Waals surface area contributed by atoms with E-state index >= 15 is 0 Å². The van der Waals surface area contributed by atoms with Crippen LogP contribution >= 0.6 is 24.0 Å². The first-order valence-electron chi connectivity index (χ1n) is 8.44. The fourth-order valence-corrected chi connectivity index (χ4v) is 1.95. The van der Waals surface area contributed by atoms with E-state index in [9.17, 15) is 0 Å². The average Bonchev–Trinajstić information content (AvgIpc) is 2.59. The van der Waals surface area contributed by atoms with Gasteiger partial charge in [-0.05, 0) is 24.5 Å². The van der Waals surface area contributed by atoms with Crippen molar-refractivity contribution in [2.45, 2.75) is 20.3 Å². The van der Waals surface area contributed by atoms with Gasteiger partial charge >= 0.3 is 0 Å². The van der Waals surface area contributed by atoms with E-state index in [4.69, 9.17) is 14.2 Å². The molecule has 0 aliphatic rings. The summed E-state index contributed by atoms with van der Waals surface area (Å²) in [6.45, 7) is 7.92. The fraction of sp³-hybridized carbons (Fsp3) is 0.611. The van der Waals surface area contributed by atoms with Crippen molar-refractivity contribution in [2.75, 3.05) is 47.1 Å². The van der Waals surface area contributed by atoms with Crippen molar-refractivity contribution >= 4 is 29.9 Å². The van der Waals surface area contributed by atoms with Gasteiger partial charge in [0.2, 0.25) is 0 Å². The number of halogens is 1. The van der Waals surface area contributed by atoms with Gasteiger partial charge in [-0.1, -0.05) is 19.9 Å². The van der Waals surface area contributed by atoms with Gasteiger partial charge in [0.25, 0.3) is 0 Å². The lowest BCUT2D eigenvalue weighted by atomic mass is 10.2. The summed E-state index contributed by atoms with van der Waals surface area (Å²) in [5.41, 5.74) is 0. The number of nitrogens with one attached hydrogen (secondary N) is 2. The van der Waals surface area contributed by atoms with Crippen molar-refractivity contribution in [1.82, 2.24) is 10.6 Å². The Balaban J connectivity index is 0.00000576. The minimum atomic E-state index is 0. The third-order valence-corrected chi connectivity index (χ3v) is 3.14. The van der Waals surface area contributed by atoms with Gasteiger partial charge in [0.1, 0.15) is 18.1 Å². The molecule has 0 saturated carbocycles. The lowest BCUT2D eigenvalue weighted by Gasteiger charge is -2.13. The van der Waals surface area contributed by atoms with Crippen LogP contribution in [0.3, 0.4) is 0 Å². The summed E-state index contributed by atoms with van der Waals surface area (Å²) in [5, 5.41) is 6.48. The largest absolute Gasteiger partial charge is 0.497 e. The molecule has 0 bridgehead atoms. The highest BCUT2D eigenvalue weighted by Gasteiger charge is 1.99. The Kier molecular flexibility index (Phi) is 14.3. The number of aliphatic imine (C=N–C) groups is 1. The van der Waals surface area contributed by atoms with Gasteiger partial charge in [-0.3, -0.25) is 4.99 Å². The summed E-state index contributed by atoms with van der Waals surface area (Å²) in [6.07, 6.45) is 0.952. The molecular formula is C18H32IN3O3. The molecule has 6 nitrogen and oxygen atoms in total. The summed E-state index contributed by atoms with van der Waals surface area (Å²) in [7, 11) is 3.40. The smallest absolute Gasteiger partial charge is 0.191 e. The molecule has 0 unspecified atom stereocenters. The van der Waals surface area contributed by atoms with Crippen molar-refractivity contribution in [3.05, 3.63) is 24.3 Å². The summed E-state index contributed by atoms with van der Waals surface area (Å²) in [6, 6.07) is 7.57. The van der Waals surface area contributed by atoms with Crippen LogP contribution in [0.25, 0.3) is 0 Å². The molecule has 0 spiro atoms. The number of methoxy groups -OCH3 is 1. The molecule has 0 amide bonds. The zero-order valence-electron chi connectivity index (χ0n) is 15.7. The number of nitrogens with zero attached hydrogens (tertiary/aromatic N) is 1. The second-order valence-electron chi connectivity index (χ2n) is 5.78. The minimum Gasteiger partial charge on any atom is -0.497 e. The van der Waals surface area contributed by atoms with E-state index in [2.05, 4.69) is 29.5 Å². The van der Waals surface area contributed by atoms with Gasteiger partial charge in [-0.25, -0.2) is 0 Å². The number of hydrogen-bond acceptors (Lipinski definition) is 4. The molecule has 0 radical (unpaired) electrons. The fourth-order valence-electron chi connectivity index (χ4n) is 1.95. The Morgan fingerprint density at radius 2 is 1.84 bits per heavy atom. The highest BCUT2D eigenvalue weighted by Crippen LogP contribution is 2.18. The molecule has 0 saturated heterocycles. The second-order valence-corrected chi connectivity index (χ2v) is 5.78. The number of hydrogen-bond donors (Lipinski definition) is 2. The Hall–Kier alpha value is -1.22. The summed E-state index contributed by atoms with van der Waals surface area (Å²) < 4.78 is 16.4. The quantitative estimate of drug-likeness (QED) is 0.228. The molecule has 1 rings (SSSR count). The molecule has 1 aromatic rings. The third kappa shape index (κ3) is 11.9. The molecule has 7 heteroatoms. The van der Waals surface area contributed by atoms with Crippen molar-refractivity contribution in [1.29, 1.82) is 0 Å². The summed E-state index contributed by atoms with van der Waals surface area (Å²) in [4.78, 5) is 4.18. The van der Waals surface area contributed by atoms with Crippen LogP contribution in [-0.2, 0) is 4.74 Å². The van der Waals surface area contributed by atoms with E-state index in [1.54, 1.807) is 14.2 Å². The van der Waals surface area contributed by atoms with Gasteiger partial charge in [0.15, 0.2) is 5.96 Å². The van der Waals surface area contributed by atoms with E-state index < -0.39 is 0 Å². The molecule has 0 aliphatic heterocycles. The average molecular weight is 465 g/mol.